The summed E-state index contributed by atoms with van der Waals surface area (Å²) in [6.45, 7) is 3.38. The fraction of sp³-hybridized carbons (Fsp3) is 0.667. The minimum Gasteiger partial charge on any atom is -0.481 e. The summed E-state index contributed by atoms with van der Waals surface area (Å²) in [6.07, 6.45) is -0.646. The van der Waals surface area contributed by atoms with Gasteiger partial charge >= 0.3 is 11.9 Å². The van der Waals surface area contributed by atoms with Gasteiger partial charge in [0.25, 0.3) is 0 Å². The molecule has 182 valence electrons. The van der Waals surface area contributed by atoms with Crippen LogP contribution in [0.2, 0.25) is 0 Å². The van der Waals surface area contributed by atoms with Crippen LogP contribution in [0.3, 0.4) is 0 Å². The van der Waals surface area contributed by atoms with Gasteiger partial charge in [0, 0.05) is 12.2 Å². The Morgan fingerprint density at radius 1 is 0.938 bits per heavy atom. The zero-order valence-electron chi connectivity index (χ0n) is 17.9. The standard InChI is InChI=1S/C18H31N5O8S/c1-3-8(2)14(18(30)31)23-17(29)11(7-32)22-16(28)10(6-13(25)26)21-15(27)9(19)4-5-12(20)24/h8-11,14,32H,3-7,19H2,1-2H3,(H2,20,24)(H,21,27)(H,22,28)(H,23,29)(H,25,26)(H,30,31). The molecule has 0 saturated carbocycles. The summed E-state index contributed by atoms with van der Waals surface area (Å²) in [4.78, 5) is 70.5. The van der Waals surface area contributed by atoms with E-state index in [2.05, 4.69) is 28.6 Å². The number of hydrogen-bond donors (Lipinski definition) is 8. The van der Waals surface area contributed by atoms with Crippen molar-refractivity contribution in [1.82, 2.24) is 16.0 Å². The third kappa shape index (κ3) is 10.4. The van der Waals surface area contributed by atoms with Gasteiger partial charge in [-0.3, -0.25) is 24.0 Å². The van der Waals surface area contributed by atoms with Crippen LogP contribution in [-0.4, -0.2) is 75.7 Å². The molecule has 0 spiro atoms. The van der Waals surface area contributed by atoms with Gasteiger partial charge in [-0.2, -0.15) is 12.6 Å². The molecule has 0 aliphatic heterocycles. The molecule has 0 bridgehead atoms. The van der Waals surface area contributed by atoms with Crippen LogP contribution in [0.1, 0.15) is 39.5 Å². The number of rotatable bonds is 15. The number of primary amides is 1. The number of carboxylic acid groups (broad SMARTS) is 2. The highest BCUT2D eigenvalue weighted by Gasteiger charge is 2.32. The van der Waals surface area contributed by atoms with Crippen molar-refractivity contribution in [1.29, 1.82) is 0 Å². The molecule has 0 aromatic rings. The second kappa shape index (κ2) is 14.2. The van der Waals surface area contributed by atoms with Crippen LogP contribution in [-0.2, 0) is 28.8 Å². The molecule has 9 N–H and O–H groups in total. The van der Waals surface area contributed by atoms with E-state index >= 15 is 0 Å². The Morgan fingerprint density at radius 2 is 1.47 bits per heavy atom. The van der Waals surface area contributed by atoms with E-state index in [9.17, 15) is 33.9 Å². The van der Waals surface area contributed by atoms with Crippen molar-refractivity contribution < 1.29 is 39.0 Å². The first-order valence-electron chi connectivity index (χ1n) is 9.84. The molecule has 13 nitrogen and oxygen atoms in total. The Hall–Kier alpha value is -2.87. The van der Waals surface area contributed by atoms with Crippen LogP contribution < -0.4 is 27.4 Å². The van der Waals surface area contributed by atoms with Crippen molar-refractivity contribution >= 4 is 48.2 Å². The van der Waals surface area contributed by atoms with Gasteiger partial charge in [-0.15, -0.1) is 0 Å². The Balaban J connectivity index is 5.28. The van der Waals surface area contributed by atoms with Crippen molar-refractivity contribution in [2.45, 2.75) is 63.7 Å². The fourth-order valence-electron chi connectivity index (χ4n) is 2.49. The Kier molecular flexibility index (Phi) is 13.0. The number of hydrogen-bond acceptors (Lipinski definition) is 8. The van der Waals surface area contributed by atoms with Crippen LogP contribution in [0.4, 0.5) is 0 Å². The second-order valence-electron chi connectivity index (χ2n) is 7.22. The minimum atomic E-state index is -1.58. The van der Waals surface area contributed by atoms with Gasteiger partial charge in [0.1, 0.15) is 18.1 Å². The van der Waals surface area contributed by atoms with Gasteiger partial charge in [0.05, 0.1) is 12.5 Å². The fourth-order valence-corrected chi connectivity index (χ4v) is 2.75. The molecule has 0 fully saturated rings. The number of nitrogens with two attached hydrogens (primary N) is 2. The summed E-state index contributed by atoms with van der Waals surface area (Å²) in [6, 6.07) is -5.31. The van der Waals surface area contributed by atoms with E-state index in [0.717, 1.165) is 0 Å². The van der Waals surface area contributed by atoms with E-state index in [0.29, 0.717) is 6.42 Å². The van der Waals surface area contributed by atoms with E-state index in [1.54, 1.807) is 13.8 Å². The van der Waals surface area contributed by atoms with Crippen molar-refractivity contribution in [2.75, 3.05) is 5.75 Å². The third-order valence-corrected chi connectivity index (χ3v) is 5.01. The van der Waals surface area contributed by atoms with Gasteiger partial charge in [0.15, 0.2) is 0 Å². The summed E-state index contributed by atoms with van der Waals surface area (Å²) < 4.78 is 0. The molecule has 0 rings (SSSR count). The lowest BCUT2D eigenvalue weighted by atomic mass is 9.99. The van der Waals surface area contributed by atoms with E-state index in [4.69, 9.17) is 16.6 Å². The number of carboxylic acids is 2. The number of carbonyl (C=O) groups is 6. The normalized spacial score (nSPS) is 15.4. The van der Waals surface area contributed by atoms with Crippen molar-refractivity contribution in [3.63, 3.8) is 0 Å². The van der Waals surface area contributed by atoms with Gasteiger partial charge in [-0.1, -0.05) is 20.3 Å². The molecule has 32 heavy (non-hydrogen) atoms. The van der Waals surface area contributed by atoms with Crippen LogP contribution in [0.25, 0.3) is 0 Å². The highest BCUT2D eigenvalue weighted by Crippen LogP contribution is 2.08. The zero-order valence-corrected chi connectivity index (χ0v) is 18.8. The molecule has 14 heteroatoms. The number of amides is 4. The average molecular weight is 478 g/mol. The first kappa shape index (κ1) is 29.1. The molecule has 0 aromatic carbocycles. The maximum absolute atomic E-state index is 12.6. The van der Waals surface area contributed by atoms with Gasteiger partial charge in [-0.25, -0.2) is 4.79 Å². The lowest BCUT2D eigenvalue weighted by Gasteiger charge is -2.25. The second-order valence-corrected chi connectivity index (χ2v) is 7.59. The maximum atomic E-state index is 12.6. The highest BCUT2D eigenvalue weighted by atomic mass is 32.1. The van der Waals surface area contributed by atoms with Crippen molar-refractivity contribution in [3.05, 3.63) is 0 Å². The van der Waals surface area contributed by atoms with Crippen LogP contribution in [0, 0.1) is 5.92 Å². The number of aliphatic carboxylic acids is 2. The number of carbonyl (C=O) groups excluding carboxylic acids is 4. The minimum absolute atomic E-state index is 0.115. The molecular formula is C18H31N5O8S. The highest BCUT2D eigenvalue weighted by molar-refractivity contribution is 7.80. The molecule has 0 heterocycles. The molecular weight excluding hydrogens is 446 g/mol. The van der Waals surface area contributed by atoms with Crippen LogP contribution in [0.15, 0.2) is 0 Å². The largest absolute Gasteiger partial charge is 0.481 e. The summed E-state index contributed by atoms with van der Waals surface area (Å²) in [5, 5.41) is 25.1. The molecule has 0 saturated heterocycles. The molecule has 4 amide bonds. The Morgan fingerprint density at radius 3 is 1.91 bits per heavy atom. The van der Waals surface area contributed by atoms with E-state index in [1.165, 1.54) is 0 Å². The molecule has 0 aliphatic carbocycles. The lowest BCUT2D eigenvalue weighted by molar-refractivity contribution is -0.144. The molecule has 0 radical (unpaired) electrons. The third-order valence-electron chi connectivity index (χ3n) is 4.64. The number of thiol groups is 1. The Bertz CT molecular complexity index is 719. The molecule has 0 aromatic heterocycles. The van der Waals surface area contributed by atoms with Gasteiger partial charge in [-0.05, 0) is 12.3 Å². The van der Waals surface area contributed by atoms with Gasteiger partial charge in [0.2, 0.25) is 23.6 Å². The van der Waals surface area contributed by atoms with Crippen LogP contribution >= 0.6 is 12.6 Å². The molecule has 5 atom stereocenters. The van der Waals surface area contributed by atoms with Crippen molar-refractivity contribution in [2.24, 2.45) is 17.4 Å². The van der Waals surface area contributed by atoms with Crippen LogP contribution in [0.5, 0.6) is 0 Å². The topological polar surface area (TPSA) is 231 Å². The van der Waals surface area contributed by atoms with Gasteiger partial charge < -0.3 is 37.6 Å². The SMILES string of the molecule is CCC(C)C(NC(=O)C(CS)NC(=O)C(CC(=O)O)NC(=O)C(N)CCC(N)=O)C(=O)O. The summed E-state index contributed by atoms with van der Waals surface area (Å²) in [7, 11) is 0. The van der Waals surface area contributed by atoms with Crippen molar-refractivity contribution in [3.8, 4) is 0 Å². The summed E-state index contributed by atoms with van der Waals surface area (Å²) >= 11 is 3.98. The molecule has 0 aliphatic rings. The predicted molar refractivity (Wildman–Crippen MR) is 115 cm³/mol. The predicted octanol–water partition coefficient (Wildman–Crippen LogP) is -2.43. The van der Waals surface area contributed by atoms with E-state index in [1.807, 2.05) is 0 Å². The zero-order chi connectivity index (χ0) is 25.0. The maximum Gasteiger partial charge on any atom is 0.326 e. The first-order chi connectivity index (χ1) is 14.8. The summed E-state index contributed by atoms with van der Waals surface area (Å²) in [5.41, 5.74) is 10.6. The average Bonchev–Trinajstić information content (AvgIpc) is 2.71. The summed E-state index contributed by atoms with van der Waals surface area (Å²) in [5.74, 6) is -6.70. The smallest absolute Gasteiger partial charge is 0.326 e. The molecule has 5 unspecified atom stereocenters. The quantitative estimate of drug-likeness (QED) is 0.117. The van der Waals surface area contributed by atoms with E-state index < -0.39 is 72.1 Å². The number of nitrogens with one attached hydrogen (secondary N) is 3. The monoisotopic (exact) mass is 477 g/mol. The van der Waals surface area contributed by atoms with E-state index in [-0.39, 0.29) is 18.6 Å². The lowest BCUT2D eigenvalue weighted by Crippen LogP contribution is -2.58. The Labute approximate surface area is 190 Å². The first-order valence-corrected chi connectivity index (χ1v) is 10.5.